The summed E-state index contributed by atoms with van der Waals surface area (Å²) in [4.78, 5) is 20.7. The molecule has 0 saturated heterocycles. The number of nitrogens with zero attached hydrogens (tertiary/aromatic N) is 2. The van der Waals surface area contributed by atoms with Gasteiger partial charge < -0.3 is 14.5 Å². The predicted octanol–water partition coefficient (Wildman–Crippen LogP) is 4.15. The molecule has 28 heavy (non-hydrogen) atoms. The fourth-order valence-electron chi connectivity index (χ4n) is 2.85. The molecule has 2 aromatic heterocycles. The highest BCUT2D eigenvalue weighted by Crippen LogP contribution is 2.23. The Morgan fingerprint density at radius 3 is 2.54 bits per heavy atom. The summed E-state index contributed by atoms with van der Waals surface area (Å²) < 4.78 is 11.3. The summed E-state index contributed by atoms with van der Waals surface area (Å²) >= 11 is 0. The number of carbonyl (C=O) groups is 1. The molecule has 4 aromatic rings. The molecule has 2 heterocycles. The number of carbonyl (C=O) groups excluding carboxylic acids is 1. The van der Waals surface area contributed by atoms with Crippen LogP contribution in [-0.2, 0) is 4.79 Å². The topological polar surface area (TPSA) is 77.2 Å². The zero-order valence-electron chi connectivity index (χ0n) is 15.3. The molecule has 0 aliphatic heterocycles. The van der Waals surface area contributed by atoms with E-state index in [1.54, 1.807) is 12.4 Å². The van der Waals surface area contributed by atoms with E-state index in [4.69, 9.17) is 9.15 Å². The third-order valence-corrected chi connectivity index (χ3v) is 4.28. The number of nitrogens with one attached hydrogen (secondary N) is 1. The lowest BCUT2D eigenvalue weighted by molar-refractivity contribution is -0.123. The van der Waals surface area contributed by atoms with E-state index in [0.29, 0.717) is 17.3 Å². The average Bonchev–Trinajstić information content (AvgIpc) is 3.18. The van der Waals surface area contributed by atoms with Crippen LogP contribution in [0.25, 0.3) is 22.4 Å². The maximum atomic E-state index is 12.2. The van der Waals surface area contributed by atoms with Crippen molar-refractivity contribution in [1.29, 1.82) is 0 Å². The Morgan fingerprint density at radius 1 is 1.07 bits per heavy atom. The molecule has 1 N–H and O–H groups in total. The van der Waals surface area contributed by atoms with Gasteiger partial charge in [-0.25, -0.2) is 9.97 Å². The van der Waals surface area contributed by atoms with E-state index in [-0.39, 0.29) is 18.6 Å². The van der Waals surface area contributed by atoms with Gasteiger partial charge >= 0.3 is 0 Å². The van der Waals surface area contributed by atoms with Crippen molar-refractivity contribution >= 4 is 16.9 Å². The number of ether oxygens (including phenoxy) is 1. The summed E-state index contributed by atoms with van der Waals surface area (Å²) in [6, 6.07) is 19.1. The van der Waals surface area contributed by atoms with Crippen molar-refractivity contribution in [3.05, 3.63) is 78.8 Å². The highest BCUT2D eigenvalue weighted by Gasteiger charge is 2.14. The van der Waals surface area contributed by atoms with Crippen molar-refractivity contribution in [3.63, 3.8) is 0 Å². The molecule has 1 amide bonds. The lowest BCUT2D eigenvalue weighted by atomic mass is 10.2. The van der Waals surface area contributed by atoms with Crippen molar-refractivity contribution < 1.29 is 13.9 Å². The minimum Gasteiger partial charge on any atom is -0.481 e. The molecule has 4 rings (SSSR count). The average molecular weight is 373 g/mol. The minimum atomic E-state index is -0.264. The Labute approximate surface area is 162 Å². The first-order valence-corrected chi connectivity index (χ1v) is 8.97. The van der Waals surface area contributed by atoms with E-state index in [1.807, 2.05) is 67.6 Å². The molecular weight excluding hydrogens is 354 g/mol. The van der Waals surface area contributed by atoms with Gasteiger partial charge in [-0.3, -0.25) is 4.79 Å². The molecule has 0 saturated carbocycles. The molecule has 0 bridgehead atoms. The van der Waals surface area contributed by atoms with Crippen LogP contribution >= 0.6 is 0 Å². The van der Waals surface area contributed by atoms with Crippen LogP contribution in [0.3, 0.4) is 0 Å². The van der Waals surface area contributed by atoms with Crippen molar-refractivity contribution in [1.82, 2.24) is 15.3 Å². The molecule has 6 heteroatoms. The summed E-state index contributed by atoms with van der Waals surface area (Å²) in [6.07, 6.45) is 3.12. The van der Waals surface area contributed by atoms with Gasteiger partial charge in [-0.05, 0) is 19.1 Å². The molecule has 140 valence electrons. The standard InChI is InChI=1S/C22H19N3O3/c1-15(20-11-17-9-5-6-10-19(17)28-20)25-21(26)14-27-18-12-23-22(24-13-18)16-7-3-2-4-8-16/h2-13,15H,14H2,1H3,(H,25,26)/t15-/m0/s1. The number of rotatable bonds is 6. The highest BCUT2D eigenvalue weighted by atomic mass is 16.5. The fourth-order valence-corrected chi connectivity index (χ4v) is 2.85. The summed E-state index contributed by atoms with van der Waals surface area (Å²) in [5.74, 6) is 1.49. The zero-order chi connectivity index (χ0) is 19.3. The molecule has 2 aromatic carbocycles. The third kappa shape index (κ3) is 4.01. The van der Waals surface area contributed by atoms with Gasteiger partial charge in [0.25, 0.3) is 5.91 Å². The molecule has 0 fully saturated rings. The third-order valence-electron chi connectivity index (χ3n) is 4.28. The summed E-state index contributed by atoms with van der Waals surface area (Å²) in [7, 11) is 0. The van der Waals surface area contributed by atoms with E-state index in [0.717, 1.165) is 16.5 Å². The van der Waals surface area contributed by atoms with Crippen LogP contribution in [0.2, 0.25) is 0 Å². The van der Waals surface area contributed by atoms with Crippen LogP contribution in [0.1, 0.15) is 18.7 Å². The van der Waals surface area contributed by atoms with Gasteiger partial charge in [-0.15, -0.1) is 0 Å². The second-order valence-corrected chi connectivity index (χ2v) is 6.37. The first-order valence-electron chi connectivity index (χ1n) is 8.97. The van der Waals surface area contributed by atoms with E-state index in [2.05, 4.69) is 15.3 Å². The van der Waals surface area contributed by atoms with Crippen LogP contribution in [0.15, 0.2) is 77.5 Å². The largest absolute Gasteiger partial charge is 0.481 e. The normalized spacial score (nSPS) is 11.9. The molecule has 6 nitrogen and oxygen atoms in total. The number of furan rings is 1. The summed E-state index contributed by atoms with van der Waals surface area (Å²) in [6.45, 7) is 1.74. The predicted molar refractivity (Wildman–Crippen MR) is 106 cm³/mol. The lowest BCUT2D eigenvalue weighted by Crippen LogP contribution is -2.31. The monoisotopic (exact) mass is 373 g/mol. The van der Waals surface area contributed by atoms with E-state index >= 15 is 0 Å². The minimum absolute atomic E-state index is 0.126. The van der Waals surface area contributed by atoms with Gasteiger partial charge in [-0.2, -0.15) is 0 Å². The number of hydrogen-bond donors (Lipinski definition) is 1. The van der Waals surface area contributed by atoms with Gasteiger partial charge in [0.15, 0.2) is 18.2 Å². The van der Waals surface area contributed by atoms with Crippen LogP contribution < -0.4 is 10.1 Å². The number of fused-ring (bicyclic) bond motifs is 1. The molecule has 0 unspecified atom stereocenters. The van der Waals surface area contributed by atoms with Crippen molar-refractivity contribution in [3.8, 4) is 17.1 Å². The van der Waals surface area contributed by atoms with Crippen molar-refractivity contribution in [2.24, 2.45) is 0 Å². The molecule has 0 spiro atoms. The number of hydrogen-bond acceptors (Lipinski definition) is 5. The molecule has 0 aliphatic rings. The summed E-state index contributed by atoms with van der Waals surface area (Å²) in [5, 5.41) is 3.87. The maximum absolute atomic E-state index is 12.2. The van der Waals surface area contributed by atoms with Crippen LogP contribution in [0, 0.1) is 0 Å². The second-order valence-electron chi connectivity index (χ2n) is 6.37. The number of para-hydroxylation sites is 1. The second kappa shape index (κ2) is 7.92. The van der Waals surface area contributed by atoms with Gasteiger partial charge in [0, 0.05) is 10.9 Å². The van der Waals surface area contributed by atoms with E-state index < -0.39 is 0 Å². The van der Waals surface area contributed by atoms with Crippen LogP contribution in [-0.4, -0.2) is 22.5 Å². The van der Waals surface area contributed by atoms with Crippen LogP contribution in [0.5, 0.6) is 5.75 Å². The van der Waals surface area contributed by atoms with Gasteiger partial charge in [0.05, 0.1) is 18.4 Å². The van der Waals surface area contributed by atoms with Gasteiger partial charge in [0.1, 0.15) is 11.3 Å². The summed E-state index contributed by atoms with van der Waals surface area (Å²) in [5.41, 5.74) is 1.72. The van der Waals surface area contributed by atoms with E-state index in [1.165, 1.54) is 0 Å². The Bertz CT molecular complexity index is 1040. The molecule has 0 radical (unpaired) electrons. The fraction of sp³-hybridized carbons (Fsp3) is 0.136. The van der Waals surface area contributed by atoms with E-state index in [9.17, 15) is 4.79 Å². The number of amides is 1. The molecule has 0 aliphatic carbocycles. The SMILES string of the molecule is C[C@H](NC(=O)COc1cnc(-c2ccccc2)nc1)c1cc2ccccc2o1. The highest BCUT2D eigenvalue weighted by molar-refractivity contribution is 5.79. The number of aromatic nitrogens is 2. The van der Waals surface area contributed by atoms with Gasteiger partial charge in [-0.1, -0.05) is 48.5 Å². The van der Waals surface area contributed by atoms with Gasteiger partial charge in [0.2, 0.25) is 0 Å². The molecule has 1 atom stereocenters. The Morgan fingerprint density at radius 2 is 1.79 bits per heavy atom. The first kappa shape index (κ1) is 17.7. The number of benzene rings is 2. The zero-order valence-corrected chi connectivity index (χ0v) is 15.3. The quantitative estimate of drug-likeness (QED) is 0.549. The Kier molecular flexibility index (Phi) is 5.01. The lowest BCUT2D eigenvalue weighted by Gasteiger charge is -2.12. The van der Waals surface area contributed by atoms with Crippen molar-refractivity contribution in [2.45, 2.75) is 13.0 Å². The smallest absolute Gasteiger partial charge is 0.258 e. The maximum Gasteiger partial charge on any atom is 0.258 e. The van der Waals surface area contributed by atoms with Crippen molar-refractivity contribution in [2.75, 3.05) is 6.61 Å². The molecular formula is C22H19N3O3. The Balaban J connectivity index is 1.32. The Hall–Kier alpha value is -3.67. The first-order chi connectivity index (χ1) is 13.7. The van der Waals surface area contributed by atoms with Crippen LogP contribution in [0.4, 0.5) is 0 Å².